The fourth-order valence-electron chi connectivity index (χ4n) is 0.102. The summed E-state index contributed by atoms with van der Waals surface area (Å²) >= 11 is 1.52. The number of rotatable bonds is 2. The molecule has 1 heteroatoms. The van der Waals surface area contributed by atoms with E-state index in [0.717, 1.165) is 6.42 Å². The van der Waals surface area contributed by atoms with Crippen LogP contribution in [-0.2, 0) is 24.2 Å². The van der Waals surface area contributed by atoms with Gasteiger partial charge in [-0.2, -0.15) is 0 Å². The van der Waals surface area contributed by atoms with Gasteiger partial charge >= 0.3 is 47.7 Å². The summed E-state index contributed by atoms with van der Waals surface area (Å²) in [6, 6.07) is 0. The topological polar surface area (TPSA) is 0 Å². The van der Waals surface area contributed by atoms with Gasteiger partial charge < -0.3 is 0 Å². The van der Waals surface area contributed by atoms with Crippen molar-refractivity contribution in [3.63, 3.8) is 0 Å². The van der Waals surface area contributed by atoms with Gasteiger partial charge in [-0.1, -0.05) is 0 Å². The fourth-order valence-corrected chi connectivity index (χ4v) is 0.604. The predicted octanol–water partition coefficient (Wildman–Crippen LogP) is 0.950. The van der Waals surface area contributed by atoms with E-state index in [1.807, 2.05) is 0 Å². The molecule has 0 nitrogen and oxygen atoms in total. The Morgan fingerprint density at radius 2 is 2.40 bits per heavy atom. The molecule has 28 valence electrons. The third kappa shape index (κ3) is 4.75. The summed E-state index contributed by atoms with van der Waals surface area (Å²) in [6.45, 7) is 3.66. The van der Waals surface area contributed by atoms with Gasteiger partial charge in [0.05, 0.1) is 0 Å². The summed E-state index contributed by atoms with van der Waals surface area (Å²) < 4.78 is 2.21. The Morgan fingerprint density at radius 3 is 2.40 bits per heavy atom. The van der Waals surface area contributed by atoms with Crippen LogP contribution in [0.4, 0.5) is 0 Å². The van der Waals surface area contributed by atoms with E-state index < -0.39 is 0 Å². The van der Waals surface area contributed by atoms with Crippen LogP contribution >= 0.6 is 0 Å². The second-order valence-electron chi connectivity index (χ2n) is 0.846. The van der Waals surface area contributed by atoms with Crippen molar-refractivity contribution in [3.8, 4) is 0 Å². The van der Waals surface area contributed by atoms with E-state index in [2.05, 4.69) is 10.6 Å². The number of hydrogen-bond acceptors (Lipinski definition) is 0. The SMILES string of the molecule is [CH2-]CC[CH]=[Zr]. The molecule has 0 saturated carbocycles. The minimum absolute atomic E-state index is 1.06. The van der Waals surface area contributed by atoms with Crippen molar-refractivity contribution in [2.24, 2.45) is 0 Å². The Labute approximate surface area is 47.9 Å². The molecular weight excluding hydrogens is 139 g/mol. The summed E-state index contributed by atoms with van der Waals surface area (Å²) in [7, 11) is 0. The Kier molecular flexibility index (Phi) is 5.47. The van der Waals surface area contributed by atoms with Crippen LogP contribution in [0.15, 0.2) is 0 Å². The first-order valence-electron chi connectivity index (χ1n) is 1.70. The second kappa shape index (κ2) is 4.75. The molecule has 0 bridgehead atoms. The summed E-state index contributed by atoms with van der Waals surface area (Å²) in [5.74, 6) is 0. The van der Waals surface area contributed by atoms with Crippen LogP contribution in [-0.4, -0.2) is 3.71 Å². The van der Waals surface area contributed by atoms with Crippen LogP contribution in [0.3, 0.4) is 0 Å². The molecule has 0 aliphatic heterocycles. The summed E-state index contributed by atoms with van der Waals surface area (Å²) in [6.07, 6.45) is 2.25. The fraction of sp³-hybridized carbons (Fsp3) is 0.500. The van der Waals surface area contributed by atoms with Gasteiger partial charge in [-0.05, 0) is 0 Å². The predicted molar refractivity (Wildman–Crippen MR) is 20.7 cm³/mol. The van der Waals surface area contributed by atoms with Crippen LogP contribution in [0.5, 0.6) is 0 Å². The molecule has 0 aliphatic rings. The molecule has 0 heterocycles. The zero-order chi connectivity index (χ0) is 4.12. The minimum atomic E-state index is 1.06. The van der Waals surface area contributed by atoms with Crippen molar-refractivity contribution in [1.82, 2.24) is 0 Å². The second-order valence-corrected chi connectivity index (χ2v) is 1.85. The quantitative estimate of drug-likeness (QED) is 0.509. The molecule has 0 saturated heterocycles. The normalized spacial score (nSPS) is 7.20. The Hall–Kier alpha value is 0.753. The Bertz CT molecular complexity index is 24.8. The van der Waals surface area contributed by atoms with Crippen LogP contribution in [0.2, 0.25) is 0 Å². The van der Waals surface area contributed by atoms with E-state index in [1.54, 1.807) is 0 Å². The molecular formula is C4H7Zr-. The van der Waals surface area contributed by atoms with Gasteiger partial charge in [0.1, 0.15) is 0 Å². The summed E-state index contributed by atoms with van der Waals surface area (Å²) in [5.41, 5.74) is 0. The molecule has 0 spiro atoms. The molecule has 0 unspecified atom stereocenters. The first-order chi connectivity index (χ1) is 2.41. The van der Waals surface area contributed by atoms with Gasteiger partial charge in [-0.25, -0.2) is 0 Å². The molecule has 0 aromatic heterocycles. The van der Waals surface area contributed by atoms with Gasteiger partial charge in [0, 0.05) is 0 Å². The van der Waals surface area contributed by atoms with Gasteiger partial charge in [-0.3, -0.25) is 0 Å². The van der Waals surface area contributed by atoms with E-state index in [-0.39, 0.29) is 0 Å². The molecule has 0 aromatic rings. The Balaban J connectivity index is 2.40. The van der Waals surface area contributed by atoms with E-state index >= 15 is 0 Å². The molecule has 0 aromatic carbocycles. The molecule has 0 amide bonds. The van der Waals surface area contributed by atoms with E-state index in [9.17, 15) is 0 Å². The van der Waals surface area contributed by atoms with Crippen molar-refractivity contribution < 1.29 is 24.2 Å². The molecule has 0 aliphatic carbocycles. The monoisotopic (exact) mass is 145 g/mol. The summed E-state index contributed by atoms with van der Waals surface area (Å²) in [4.78, 5) is 0. The molecule has 5 heavy (non-hydrogen) atoms. The third-order valence-electron chi connectivity index (χ3n) is 0.348. The van der Waals surface area contributed by atoms with Crippen LogP contribution in [0.25, 0.3) is 0 Å². The van der Waals surface area contributed by atoms with Crippen LogP contribution < -0.4 is 0 Å². The average molecular weight is 146 g/mol. The van der Waals surface area contributed by atoms with Crippen LogP contribution in [0.1, 0.15) is 12.8 Å². The zero-order valence-corrected chi connectivity index (χ0v) is 5.66. The van der Waals surface area contributed by atoms with E-state index in [0.29, 0.717) is 0 Å². The molecule has 0 rings (SSSR count). The number of hydrogen-bond donors (Lipinski definition) is 0. The first-order valence-corrected chi connectivity index (χ1v) is 3.12. The van der Waals surface area contributed by atoms with Crippen molar-refractivity contribution in [3.05, 3.63) is 6.92 Å². The molecule has 0 radical (unpaired) electrons. The third-order valence-corrected chi connectivity index (χ3v) is 1.06. The van der Waals surface area contributed by atoms with Gasteiger partial charge in [0.15, 0.2) is 0 Å². The van der Waals surface area contributed by atoms with E-state index in [4.69, 9.17) is 0 Å². The van der Waals surface area contributed by atoms with Gasteiger partial charge in [0.25, 0.3) is 0 Å². The molecule has 0 atom stereocenters. The van der Waals surface area contributed by atoms with Crippen molar-refractivity contribution in [1.29, 1.82) is 0 Å². The molecule has 0 fully saturated rings. The van der Waals surface area contributed by atoms with Crippen LogP contribution in [0, 0.1) is 6.92 Å². The van der Waals surface area contributed by atoms with E-state index in [1.165, 1.54) is 30.7 Å². The van der Waals surface area contributed by atoms with Crippen molar-refractivity contribution in [2.45, 2.75) is 12.8 Å². The number of unbranched alkanes of at least 4 members (excludes halogenated alkanes) is 1. The first kappa shape index (κ1) is 5.75. The average Bonchev–Trinajstić information content (AvgIpc) is 1.41. The maximum atomic E-state index is 3.66. The molecule has 0 N–H and O–H groups in total. The van der Waals surface area contributed by atoms with Crippen molar-refractivity contribution in [2.75, 3.05) is 0 Å². The van der Waals surface area contributed by atoms with Gasteiger partial charge in [-0.15, -0.1) is 0 Å². The van der Waals surface area contributed by atoms with Crippen molar-refractivity contribution >= 4 is 3.71 Å². The summed E-state index contributed by atoms with van der Waals surface area (Å²) in [5, 5.41) is 0. The Morgan fingerprint density at radius 1 is 1.80 bits per heavy atom. The zero-order valence-electron chi connectivity index (χ0n) is 3.20. The standard InChI is InChI=1S/C4H7.Zr/c1-3-4-2;/h1H,2-4H2;/q-1;. The maximum absolute atomic E-state index is 3.66. The van der Waals surface area contributed by atoms with Gasteiger partial charge in [0.2, 0.25) is 0 Å².